The van der Waals surface area contributed by atoms with Crippen LogP contribution in [0.1, 0.15) is 45.0 Å². The summed E-state index contributed by atoms with van der Waals surface area (Å²) in [5, 5.41) is 11.5. The summed E-state index contributed by atoms with van der Waals surface area (Å²) in [5.41, 5.74) is 2.08. The largest absolute Gasteiger partial charge is 0.322 e. The third-order valence-electron chi connectivity index (χ3n) is 6.13. The van der Waals surface area contributed by atoms with Crippen molar-refractivity contribution in [3.8, 4) is 11.3 Å². The van der Waals surface area contributed by atoms with E-state index in [-0.39, 0.29) is 16.8 Å². The molecule has 3 heterocycles. The fraction of sp³-hybridized carbons (Fsp3) is 0.364. The summed E-state index contributed by atoms with van der Waals surface area (Å²) in [6.07, 6.45) is 5.17. The van der Waals surface area contributed by atoms with E-state index >= 15 is 0 Å². The van der Waals surface area contributed by atoms with Gasteiger partial charge in [0.2, 0.25) is 0 Å². The molecule has 0 aliphatic carbocycles. The molecule has 0 unspecified atom stereocenters. The predicted octanol–water partition coefficient (Wildman–Crippen LogP) is 3.97. The van der Waals surface area contributed by atoms with E-state index in [0.717, 1.165) is 18.7 Å². The van der Waals surface area contributed by atoms with Crippen molar-refractivity contribution < 1.29 is 4.39 Å². The Labute approximate surface area is 173 Å². The molecule has 0 bridgehead atoms. The minimum absolute atomic E-state index is 0.166. The van der Waals surface area contributed by atoms with E-state index in [0.29, 0.717) is 40.7 Å². The summed E-state index contributed by atoms with van der Waals surface area (Å²) in [6, 6.07) is 7.01. The highest BCUT2D eigenvalue weighted by Gasteiger charge is 2.32. The van der Waals surface area contributed by atoms with Crippen LogP contribution in [0.5, 0.6) is 0 Å². The molecule has 30 heavy (non-hydrogen) atoms. The van der Waals surface area contributed by atoms with Crippen molar-refractivity contribution in [3.05, 3.63) is 64.3 Å². The Hall–Kier alpha value is -3.29. The Kier molecular flexibility index (Phi) is 5.24. The summed E-state index contributed by atoms with van der Waals surface area (Å²) < 4.78 is 16.4. The molecule has 0 aliphatic heterocycles. The van der Waals surface area contributed by atoms with Crippen LogP contribution in [-0.4, -0.2) is 29.9 Å². The molecule has 1 aromatic carbocycles. The van der Waals surface area contributed by atoms with Crippen LogP contribution in [0, 0.1) is 5.82 Å². The second-order valence-electron chi connectivity index (χ2n) is 7.56. The lowest BCUT2D eigenvalue weighted by Gasteiger charge is -2.30. The number of rotatable bonds is 7. The SMILES string of the molecule is CCn1ncc2c(F)cc(-c3ccc(C(CC)(CC)Cc4ncn[nH]4)c(=O)[nH]3)cc21. The summed E-state index contributed by atoms with van der Waals surface area (Å²) in [5.74, 6) is 0.399. The number of hydrogen-bond donors (Lipinski definition) is 2. The van der Waals surface area contributed by atoms with Crippen LogP contribution in [0.3, 0.4) is 0 Å². The van der Waals surface area contributed by atoms with Gasteiger partial charge in [-0.25, -0.2) is 9.37 Å². The van der Waals surface area contributed by atoms with Gasteiger partial charge in [0.25, 0.3) is 5.56 Å². The van der Waals surface area contributed by atoms with Gasteiger partial charge in [-0.1, -0.05) is 19.9 Å². The average molecular weight is 408 g/mol. The van der Waals surface area contributed by atoms with Gasteiger partial charge in [-0.15, -0.1) is 0 Å². The second-order valence-corrected chi connectivity index (χ2v) is 7.56. The number of aryl methyl sites for hydroxylation is 1. The molecule has 0 spiro atoms. The molecule has 0 saturated heterocycles. The minimum atomic E-state index is -0.359. The van der Waals surface area contributed by atoms with Crippen molar-refractivity contribution >= 4 is 10.9 Å². The Bertz CT molecular complexity index is 1220. The lowest BCUT2D eigenvalue weighted by molar-refractivity contribution is 0.380. The smallest absolute Gasteiger partial charge is 0.252 e. The van der Waals surface area contributed by atoms with Crippen LogP contribution >= 0.6 is 0 Å². The number of pyridine rings is 1. The van der Waals surface area contributed by atoms with E-state index in [9.17, 15) is 9.18 Å². The maximum Gasteiger partial charge on any atom is 0.252 e. The van der Waals surface area contributed by atoms with Crippen molar-refractivity contribution in [2.24, 2.45) is 0 Å². The monoisotopic (exact) mass is 408 g/mol. The molecule has 0 fully saturated rings. The number of nitrogens with zero attached hydrogens (tertiary/aromatic N) is 4. The molecule has 0 aliphatic rings. The average Bonchev–Trinajstić information content (AvgIpc) is 3.41. The molecule has 8 heteroatoms. The van der Waals surface area contributed by atoms with E-state index in [1.807, 2.05) is 25.1 Å². The van der Waals surface area contributed by atoms with Crippen molar-refractivity contribution in [2.45, 2.75) is 52.0 Å². The van der Waals surface area contributed by atoms with E-state index in [1.165, 1.54) is 18.6 Å². The highest BCUT2D eigenvalue weighted by Crippen LogP contribution is 2.33. The zero-order valence-electron chi connectivity index (χ0n) is 17.4. The van der Waals surface area contributed by atoms with Crippen molar-refractivity contribution in [1.29, 1.82) is 0 Å². The Morgan fingerprint density at radius 2 is 1.97 bits per heavy atom. The predicted molar refractivity (Wildman–Crippen MR) is 114 cm³/mol. The first-order valence-corrected chi connectivity index (χ1v) is 10.2. The first-order valence-electron chi connectivity index (χ1n) is 10.2. The van der Waals surface area contributed by atoms with Crippen LogP contribution in [0.2, 0.25) is 0 Å². The summed E-state index contributed by atoms with van der Waals surface area (Å²) >= 11 is 0. The number of aromatic amines is 2. The Balaban J connectivity index is 1.78. The fourth-order valence-corrected chi connectivity index (χ4v) is 4.21. The Morgan fingerprint density at radius 3 is 2.60 bits per heavy atom. The molecular weight excluding hydrogens is 383 g/mol. The van der Waals surface area contributed by atoms with E-state index in [2.05, 4.69) is 39.1 Å². The van der Waals surface area contributed by atoms with Gasteiger partial charge in [0.15, 0.2) is 0 Å². The van der Waals surface area contributed by atoms with Gasteiger partial charge in [0.1, 0.15) is 18.0 Å². The lowest BCUT2D eigenvalue weighted by Crippen LogP contribution is -2.34. The fourth-order valence-electron chi connectivity index (χ4n) is 4.21. The summed E-state index contributed by atoms with van der Waals surface area (Å²) in [4.78, 5) is 20.3. The molecule has 156 valence electrons. The molecule has 0 atom stereocenters. The van der Waals surface area contributed by atoms with Crippen LogP contribution in [0.25, 0.3) is 22.2 Å². The van der Waals surface area contributed by atoms with Crippen LogP contribution in [-0.2, 0) is 18.4 Å². The van der Waals surface area contributed by atoms with Crippen LogP contribution in [0.4, 0.5) is 4.39 Å². The van der Waals surface area contributed by atoms with Gasteiger partial charge in [0.05, 0.1) is 17.1 Å². The number of fused-ring (bicyclic) bond motifs is 1. The van der Waals surface area contributed by atoms with E-state index in [4.69, 9.17) is 0 Å². The van der Waals surface area contributed by atoms with Gasteiger partial charge < -0.3 is 4.98 Å². The zero-order valence-corrected chi connectivity index (χ0v) is 17.4. The second kappa shape index (κ2) is 7.85. The van der Waals surface area contributed by atoms with E-state index in [1.54, 1.807) is 4.68 Å². The number of nitrogens with one attached hydrogen (secondary N) is 2. The zero-order chi connectivity index (χ0) is 21.3. The maximum atomic E-state index is 14.6. The van der Waals surface area contributed by atoms with Gasteiger partial charge in [-0.2, -0.15) is 10.2 Å². The number of halogens is 1. The molecule has 0 radical (unpaired) electrons. The topological polar surface area (TPSA) is 92.2 Å². The molecular formula is C22H25FN6O. The van der Waals surface area contributed by atoms with Gasteiger partial charge in [-0.05, 0) is 38.0 Å². The summed E-state index contributed by atoms with van der Waals surface area (Å²) in [6.45, 7) is 6.74. The number of aromatic nitrogens is 6. The quantitative estimate of drug-likeness (QED) is 0.484. The highest BCUT2D eigenvalue weighted by atomic mass is 19.1. The number of hydrogen-bond acceptors (Lipinski definition) is 4. The van der Waals surface area contributed by atoms with Gasteiger partial charge >= 0.3 is 0 Å². The molecule has 4 rings (SSSR count). The molecule has 7 nitrogen and oxygen atoms in total. The van der Waals surface area contributed by atoms with E-state index < -0.39 is 0 Å². The third-order valence-corrected chi connectivity index (χ3v) is 6.13. The van der Waals surface area contributed by atoms with Crippen molar-refractivity contribution in [3.63, 3.8) is 0 Å². The van der Waals surface area contributed by atoms with Crippen LogP contribution in [0.15, 0.2) is 41.6 Å². The third kappa shape index (κ3) is 3.32. The molecule has 0 amide bonds. The molecule has 2 N–H and O–H groups in total. The van der Waals surface area contributed by atoms with Crippen molar-refractivity contribution in [2.75, 3.05) is 0 Å². The molecule has 3 aromatic heterocycles. The normalized spacial score (nSPS) is 12.0. The van der Waals surface area contributed by atoms with Crippen LogP contribution < -0.4 is 5.56 Å². The molecule has 0 saturated carbocycles. The first kappa shape index (κ1) is 20.0. The lowest BCUT2D eigenvalue weighted by atomic mass is 9.73. The molecule has 4 aromatic rings. The van der Waals surface area contributed by atoms with Crippen molar-refractivity contribution in [1.82, 2.24) is 29.9 Å². The standard InChI is InChI=1S/C22H25FN6O/c1-4-22(5-2,11-20-24-13-25-28-20)16-7-8-18(27-21(16)30)14-9-17(23)15-12-26-29(6-3)19(15)10-14/h7-10,12-13H,4-6,11H2,1-3H3,(H,27,30)(H,24,25,28). The number of benzene rings is 1. The Morgan fingerprint density at radius 1 is 1.17 bits per heavy atom. The minimum Gasteiger partial charge on any atom is -0.322 e. The maximum absolute atomic E-state index is 14.6. The van der Waals surface area contributed by atoms with Gasteiger partial charge in [-0.3, -0.25) is 14.6 Å². The summed E-state index contributed by atoms with van der Waals surface area (Å²) in [7, 11) is 0. The highest BCUT2D eigenvalue weighted by molar-refractivity contribution is 5.84. The first-order chi connectivity index (χ1) is 14.5. The van der Waals surface area contributed by atoms with Gasteiger partial charge in [0, 0.05) is 35.2 Å². The number of H-pyrrole nitrogens is 2.